The molecule has 0 spiro atoms. The molecule has 1 aromatic rings. The van der Waals surface area contributed by atoms with E-state index in [-0.39, 0.29) is 0 Å². The van der Waals surface area contributed by atoms with Crippen LogP contribution in [0.1, 0.15) is 18.4 Å². The van der Waals surface area contributed by atoms with Gasteiger partial charge in [0.25, 0.3) is 0 Å². The van der Waals surface area contributed by atoms with E-state index in [1.54, 1.807) is 0 Å². The standard InChI is InChI=1S/C17H29N3O/c1-18-15-16-5-7-17(8-6-16)21-14-13-19(2)11-12-20-9-3-4-10-20/h5-8,18H,3-4,9-15H2,1-2H3. The lowest BCUT2D eigenvalue weighted by molar-refractivity contribution is 0.213. The maximum Gasteiger partial charge on any atom is 0.119 e. The van der Waals surface area contributed by atoms with Gasteiger partial charge in [0.05, 0.1) is 0 Å². The summed E-state index contributed by atoms with van der Waals surface area (Å²) in [5.74, 6) is 0.961. The topological polar surface area (TPSA) is 27.7 Å². The van der Waals surface area contributed by atoms with Crippen LogP contribution in [0.4, 0.5) is 0 Å². The molecule has 1 aliphatic rings. The van der Waals surface area contributed by atoms with Crippen molar-refractivity contribution in [1.29, 1.82) is 0 Å². The predicted octanol–water partition coefficient (Wildman–Crippen LogP) is 1.81. The van der Waals surface area contributed by atoms with Gasteiger partial charge in [0.1, 0.15) is 12.4 Å². The molecule has 0 bridgehead atoms. The second kappa shape index (κ2) is 9.03. The Bertz CT molecular complexity index is 388. The van der Waals surface area contributed by atoms with Crippen molar-refractivity contribution in [1.82, 2.24) is 15.1 Å². The van der Waals surface area contributed by atoms with E-state index in [2.05, 4.69) is 46.4 Å². The third kappa shape index (κ3) is 6.04. The Balaban J connectivity index is 1.59. The number of ether oxygens (including phenoxy) is 1. The summed E-state index contributed by atoms with van der Waals surface area (Å²) in [4.78, 5) is 4.91. The van der Waals surface area contributed by atoms with Gasteiger partial charge in [-0.2, -0.15) is 0 Å². The molecular weight excluding hydrogens is 262 g/mol. The smallest absolute Gasteiger partial charge is 0.119 e. The molecule has 1 N–H and O–H groups in total. The van der Waals surface area contributed by atoms with Gasteiger partial charge in [-0.05, 0) is 57.7 Å². The van der Waals surface area contributed by atoms with Crippen molar-refractivity contribution < 1.29 is 4.74 Å². The third-order valence-electron chi connectivity index (χ3n) is 4.04. The Labute approximate surface area is 129 Å². The fourth-order valence-electron chi connectivity index (χ4n) is 2.66. The average Bonchev–Trinajstić information content (AvgIpc) is 3.01. The first kappa shape index (κ1) is 16.3. The summed E-state index contributed by atoms with van der Waals surface area (Å²) < 4.78 is 5.81. The van der Waals surface area contributed by atoms with Gasteiger partial charge in [-0.1, -0.05) is 12.1 Å². The van der Waals surface area contributed by atoms with Crippen LogP contribution in [0.3, 0.4) is 0 Å². The molecule has 4 nitrogen and oxygen atoms in total. The molecule has 118 valence electrons. The zero-order valence-corrected chi connectivity index (χ0v) is 13.5. The summed E-state index contributed by atoms with van der Waals surface area (Å²) in [6.07, 6.45) is 2.74. The number of nitrogens with one attached hydrogen (secondary N) is 1. The van der Waals surface area contributed by atoms with E-state index in [0.717, 1.165) is 32.0 Å². The van der Waals surface area contributed by atoms with Crippen LogP contribution >= 0.6 is 0 Å². The summed E-state index contributed by atoms with van der Waals surface area (Å²) in [5, 5.41) is 3.15. The van der Waals surface area contributed by atoms with Gasteiger partial charge >= 0.3 is 0 Å². The summed E-state index contributed by atoms with van der Waals surface area (Å²) in [5.41, 5.74) is 1.28. The van der Waals surface area contributed by atoms with E-state index in [4.69, 9.17) is 4.74 Å². The molecule has 1 heterocycles. The van der Waals surface area contributed by atoms with E-state index in [0.29, 0.717) is 0 Å². The number of nitrogens with zero attached hydrogens (tertiary/aromatic N) is 2. The molecular formula is C17H29N3O. The van der Waals surface area contributed by atoms with Crippen LogP contribution < -0.4 is 10.1 Å². The van der Waals surface area contributed by atoms with Crippen LogP contribution in [0, 0.1) is 0 Å². The first-order valence-electron chi connectivity index (χ1n) is 8.05. The lowest BCUT2D eigenvalue weighted by atomic mass is 10.2. The fourth-order valence-corrected chi connectivity index (χ4v) is 2.66. The second-order valence-electron chi connectivity index (χ2n) is 5.87. The molecule has 1 aliphatic heterocycles. The minimum atomic E-state index is 0.752. The van der Waals surface area contributed by atoms with Crippen molar-refractivity contribution >= 4 is 0 Å². The molecule has 1 fully saturated rings. The van der Waals surface area contributed by atoms with Crippen LogP contribution in [0.5, 0.6) is 5.75 Å². The van der Waals surface area contributed by atoms with Crippen molar-refractivity contribution in [2.24, 2.45) is 0 Å². The number of hydrogen-bond donors (Lipinski definition) is 1. The minimum Gasteiger partial charge on any atom is -0.492 e. The highest BCUT2D eigenvalue weighted by atomic mass is 16.5. The molecule has 0 amide bonds. The first-order chi connectivity index (χ1) is 10.3. The Hall–Kier alpha value is -1.10. The molecule has 0 aliphatic carbocycles. The highest BCUT2D eigenvalue weighted by Gasteiger charge is 2.11. The van der Waals surface area contributed by atoms with E-state index in [1.807, 2.05) is 7.05 Å². The normalized spacial score (nSPS) is 15.8. The van der Waals surface area contributed by atoms with Crippen molar-refractivity contribution in [2.45, 2.75) is 19.4 Å². The Morgan fingerprint density at radius 1 is 1.14 bits per heavy atom. The van der Waals surface area contributed by atoms with Crippen LogP contribution in [0.25, 0.3) is 0 Å². The highest BCUT2D eigenvalue weighted by molar-refractivity contribution is 5.27. The number of rotatable bonds is 9. The molecule has 0 atom stereocenters. The number of likely N-dealkylation sites (tertiary alicyclic amines) is 1. The molecule has 1 aromatic carbocycles. The largest absolute Gasteiger partial charge is 0.492 e. The van der Waals surface area contributed by atoms with Gasteiger partial charge in [-0.3, -0.25) is 0 Å². The predicted molar refractivity (Wildman–Crippen MR) is 87.9 cm³/mol. The van der Waals surface area contributed by atoms with Gasteiger partial charge in [-0.15, -0.1) is 0 Å². The van der Waals surface area contributed by atoms with Crippen LogP contribution in [-0.2, 0) is 6.54 Å². The molecule has 0 saturated carbocycles. The van der Waals surface area contributed by atoms with E-state index in [9.17, 15) is 0 Å². The first-order valence-corrected chi connectivity index (χ1v) is 8.05. The minimum absolute atomic E-state index is 0.752. The van der Waals surface area contributed by atoms with Gasteiger partial charge in [0, 0.05) is 26.2 Å². The fraction of sp³-hybridized carbons (Fsp3) is 0.647. The van der Waals surface area contributed by atoms with Crippen molar-refractivity contribution in [3.05, 3.63) is 29.8 Å². The highest BCUT2D eigenvalue weighted by Crippen LogP contribution is 2.12. The van der Waals surface area contributed by atoms with Crippen LogP contribution in [0.2, 0.25) is 0 Å². The van der Waals surface area contributed by atoms with Gasteiger partial charge in [0.2, 0.25) is 0 Å². The SMILES string of the molecule is CNCc1ccc(OCCN(C)CCN2CCCC2)cc1. The maximum atomic E-state index is 5.81. The summed E-state index contributed by atoms with van der Waals surface area (Å²) in [7, 11) is 4.14. The van der Waals surface area contributed by atoms with Crippen molar-refractivity contribution in [3.63, 3.8) is 0 Å². The molecule has 1 saturated heterocycles. The molecule has 2 rings (SSSR count). The maximum absolute atomic E-state index is 5.81. The molecule has 0 unspecified atom stereocenters. The number of likely N-dealkylation sites (N-methyl/N-ethyl adjacent to an activating group) is 1. The molecule has 21 heavy (non-hydrogen) atoms. The summed E-state index contributed by atoms with van der Waals surface area (Å²) >= 11 is 0. The number of hydrogen-bond acceptors (Lipinski definition) is 4. The van der Waals surface area contributed by atoms with Gasteiger partial charge < -0.3 is 19.9 Å². The quantitative estimate of drug-likeness (QED) is 0.751. The summed E-state index contributed by atoms with van der Waals surface area (Å²) in [6.45, 7) is 7.51. The van der Waals surface area contributed by atoms with Crippen molar-refractivity contribution in [2.75, 3.05) is 53.4 Å². The second-order valence-corrected chi connectivity index (χ2v) is 5.87. The lowest BCUT2D eigenvalue weighted by Gasteiger charge is -2.21. The number of benzene rings is 1. The zero-order chi connectivity index (χ0) is 14.9. The van der Waals surface area contributed by atoms with E-state index in [1.165, 1.54) is 38.0 Å². The molecule has 4 heteroatoms. The Morgan fingerprint density at radius 2 is 1.86 bits per heavy atom. The monoisotopic (exact) mass is 291 g/mol. The zero-order valence-electron chi connectivity index (χ0n) is 13.5. The van der Waals surface area contributed by atoms with Crippen LogP contribution in [0.15, 0.2) is 24.3 Å². The van der Waals surface area contributed by atoms with E-state index < -0.39 is 0 Å². The lowest BCUT2D eigenvalue weighted by Crippen LogP contribution is -2.33. The average molecular weight is 291 g/mol. The Kier molecular flexibility index (Phi) is 7.00. The third-order valence-corrected chi connectivity index (χ3v) is 4.04. The van der Waals surface area contributed by atoms with Crippen molar-refractivity contribution in [3.8, 4) is 5.75 Å². The molecule has 0 aromatic heterocycles. The van der Waals surface area contributed by atoms with Gasteiger partial charge in [0.15, 0.2) is 0 Å². The van der Waals surface area contributed by atoms with Gasteiger partial charge in [-0.25, -0.2) is 0 Å². The Morgan fingerprint density at radius 3 is 2.52 bits per heavy atom. The molecule has 0 radical (unpaired) electrons. The summed E-state index contributed by atoms with van der Waals surface area (Å²) in [6, 6.07) is 8.33. The van der Waals surface area contributed by atoms with E-state index >= 15 is 0 Å². The van der Waals surface area contributed by atoms with Crippen LogP contribution in [-0.4, -0.2) is 63.2 Å².